The first kappa shape index (κ1) is 5.76. The fourth-order valence-corrected chi connectivity index (χ4v) is 2.24. The molecule has 0 bridgehead atoms. The summed E-state index contributed by atoms with van der Waals surface area (Å²) in [5.74, 6) is 2.16. The van der Waals surface area contributed by atoms with Crippen LogP contribution in [0.1, 0.15) is 39.5 Å². The Kier molecular flexibility index (Phi) is 0.980. The molecular weight excluding hydrogens is 108 g/mol. The highest BCUT2D eigenvalue weighted by atomic mass is 14.6. The van der Waals surface area contributed by atoms with Crippen molar-refractivity contribution in [1.29, 1.82) is 0 Å². The lowest BCUT2D eigenvalue weighted by Gasteiger charge is -2.32. The number of rotatable bonds is 1. The minimum atomic E-state index is 0.804. The van der Waals surface area contributed by atoms with Crippen molar-refractivity contribution in [2.24, 2.45) is 17.3 Å². The largest absolute Gasteiger partial charge is 0.0620 e. The molecule has 2 aliphatic carbocycles. The van der Waals surface area contributed by atoms with Crippen molar-refractivity contribution in [3.8, 4) is 0 Å². The lowest BCUT2D eigenvalue weighted by molar-refractivity contribution is 0.188. The first-order valence-electron chi connectivity index (χ1n) is 4.23. The van der Waals surface area contributed by atoms with E-state index in [4.69, 9.17) is 0 Å². The van der Waals surface area contributed by atoms with Crippen LogP contribution in [0.5, 0.6) is 0 Å². The molecule has 2 saturated carbocycles. The average Bonchev–Trinajstić information content (AvgIpc) is 2.07. The smallest absolute Gasteiger partial charge is 0.0269 e. The molecule has 2 fully saturated rings. The molecule has 0 saturated heterocycles. The highest BCUT2D eigenvalue weighted by Gasteiger charge is 2.53. The van der Waals surface area contributed by atoms with Crippen LogP contribution in [0, 0.1) is 17.3 Å². The molecule has 0 radical (unpaired) electrons. The molecule has 0 N–H and O–H groups in total. The van der Waals surface area contributed by atoms with Crippen molar-refractivity contribution in [1.82, 2.24) is 0 Å². The van der Waals surface area contributed by atoms with Crippen molar-refractivity contribution < 1.29 is 0 Å². The molecule has 52 valence electrons. The number of hydrogen-bond donors (Lipinski definition) is 0. The molecule has 0 amide bonds. The van der Waals surface area contributed by atoms with Gasteiger partial charge in [-0.25, -0.2) is 0 Å². The van der Waals surface area contributed by atoms with Crippen LogP contribution in [-0.2, 0) is 0 Å². The van der Waals surface area contributed by atoms with E-state index in [0.29, 0.717) is 0 Å². The molecule has 9 heavy (non-hydrogen) atoms. The van der Waals surface area contributed by atoms with E-state index in [2.05, 4.69) is 13.8 Å². The lowest BCUT2D eigenvalue weighted by Crippen LogP contribution is -2.21. The summed E-state index contributed by atoms with van der Waals surface area (Å²) in [5.41, 5.74) is 0.804. The molecule has 0 spiro atoms. The van der Waals surface area contributed by atoms with E-state index in [1.165, 1.54) is 25.7 Å². The minimum absolute atomic E-state index is 0.804. The fourth-order valence-electron chi connectivity index (χ4n) is 2.24. The van der Waals surface area contributed by atoms with Gasteiger partial charge in [-0.2, -0.15) is 0 Å². The van der Waals surface area contributed by atoms with Gasteiger partial charge in [-0.05, 0) is 36.5 Å². The molecule has 2 rings (SSSR count). The molecular formula is C9H16. The van der Waals surface area contributed by atoms with Crippen LogP contribution < -0.4 is 0 Å². The Morgan fingerprint density at radius 1 is 1.33 bits per heavy atom. The van der Waals surface area contributed by atoms with Gasteiger partial charge in [0.15, 0.2) is 0 Å². The quantitative estimate of drug-likeness (QED) is 0.504. The zero-order valence-electron chi connectivity index (χ0n) is 6.48. The summed E-state index contributed by atoms with van der Waals surface area (Å²) in [6.45, 7) is 4.87. The molecule has 0 aromatic carbocycles. The standard InChI is InChI=1S/C9H16/c1-7-6-9(7,2)8-4-3-5-8/h7-8H,3-6H2,1-2H3. The van der Waals surface area contributed by atoms with Crippen LogP contribution in [0.4, 0.5) is 0 Å². The maximum absolute atomic E-state index is 2.47. The van der Waals surface area contributed by atoms with Crippen molar-refractivity contribution in [3.05, 3.63) is 0 Å². The van der Waals surface area contributed by atoms with Gasteiger partial charge in [-0.1, -0.05) is 20.3 Å². The van der Waals surface area contributed by atoms with Crippen LogP contribution in [0.3, 0.4) is 0 Å². The van der Waals surface area contributed by atoms with E-state index < -0.39 is 0 Å². The van der Waals surface area contributed by atoms with E-state index in [1.54, 1.807) is 0 Å². The van der Waals surface area contributed by atoms with Gasteiger partial charge < -0.3 is 0 Å². The first-order chi connectivity index (χ1) is 4.23. The van der Waals surface area contributed by atoms with Gasteiger partial charge in [0, 0.05) is 0 Å². The molecule has 0 heteroatoms. The summed E-state index contributed by atoms with van der Waals surface area (Å²) in [7, 11) is 0. The highest BCUT2D eigenvalue weighted by molar-refractivity contribution is 5.02. The van der Waals surface area contributed by atoms with Gasteiger partial charge in [-0.15, -0.1) is 0 Å². The molecule has 2 unspecified atom stereocenters. The van der Waals surface area contributed by atoms with Gasteiger partial charge in [0.2, 0.25) is 0 Å². The summed E-state index contributed by atoms with van der Waals surface area (Å²) in [4.78, 5) is 0. The minimum Gasteiger partial charge on any atom is -0.0620 e. The fraction of sp³-hybridized carbons (Fsp3) is 1.00. The third kappa shape index (κ3) is 0.653. The second-order valence-electron chi connectivity index (χ2n) is 4.24. The summed E-state index contributed by atoms with van der Waals surface area (Å²) in [5, 5.41) is 0. The van der Waals surface area contributed by atoms with Gasteiger partial charge in [0.1, 0.15) is 0 Å². The third-order valence-corrected chi connectivity index (χ3v) is 3.75. The van der Waals surface area contributed by atoms with E-state index >= 15 is 0 Å². The first-order valence-corrected chi connectivity index (χ1v) is 4.23. The summed E-state index contributed by atoms with van der Waals surface area (Å²) >= 11 is 0. The molecule has 0 nitrogen and oxygen atoms in total. The van der Waals surface area contributed by atoms with Gasteiger partial charge in [0.05, 0.1) is 0 Å². The Hall–Kier alpha value is 0. The molecule has 2 atom stereocenters. The van der Waals surface area contributed by atoms with Gasteiger partial charge in [-0.3, -0.25) is 0 Å². The predicted molar refractivity (Wildman–Crippen MR) is 39.2 cm³/mol. The molecule has 0 aliphatic heterocycles. The Morgan fingerprint density at radius 2 is 1.89 bits per heavy atom. The average molecular weight is 124 g/mol. The van der Waals surface area contributed by atoms with E-state index in [1.807, 2.05) is 0 Å². The van der Waals surface area contributed by atoms with Crippen LogP contribution in [0.25, 0.3) is 0 Å². The number of hydrogen-bond acceptors (Lipinski definition) is 0. The predicted octanol–water partition coefficient (Wildman–Crippen LogP) is 2.83. The summed E-state index contributed by atoms with van der Waals surface area (Å²) < 4.78 is 0. The van der Waals surface area contributed by atoms with Crippen molar-refractivity contribution in [2.75, 3.05) is 0 Å². The van der Waals surface area contributed by atoms with Crippen molar-refractivity contribution in [3.63, 3.8) is 0 Å². The SMILES string of the molecule is CC1CC1(C)C1CCC1. The monoisotopic (exact) mass is 124 g/mol. The third-order valence-electron chi connectivity index (χ3n) is 3.75. The van der Waals surface area contributed by atoms with E-state index in [-0.39, 0.29) is 0 Å². The van der Waals surface area contributed by atoms with Gasteiger partial charge in [0.25, 0.3) is 0 Å². The van der Waals surface area contributed by atoms with Crippen LogP contribution in [-0.4, -0.2) is 0 Å². The maximum atomic E-state index is 2.47. The Morgan fingerprint density at radius 3 is 2.00 bits per heavy atom. The van der Waals surface area contributed by atoms with E-state index in [9.17, 15) is 0 Å². The van der Waals surface area contributed by atoms with Crippen molar-refractivity contribution in [2.45, 2.75) is 39.5 Å². The molecule has 2 aliphatic rings. The zero-order valence-corrected chi connectivity index (χ0v) is 6.48. The Bertz CT molecular complexity index is 124. The van der Waals surface area contributed by atoms with Crippen molar-refractivity contribution >= 4 is 0 Å². The topological polar surface area (TPSA) is 0 Å². The van der Waals surface area contributed by atoms with Crippen LogP contribution >= 0.6 is 0 Å². The van der Waals surface area contributed by atoms with Crippen LogP contribution in [0.2, 0.25) is 0 Å². The molecule has 0 aromatic heterocycles. The lowest BCUT2D eigenvalue weighted by atomic mass is 9.73. The summed E-state index contributed by atoms with van der Waals surface area (Å²) in [6, 6.07) is 0. The second kappa shape index (κ2) is 1.53. The van der Waals surface area contributed by atoms with Crippen LogP contribution in [0.15, 0.2) is 0 Å². The normalized spacial score (nSPS) is 50.7. The Balaban J connectivity index is 1.97. The zero-order chi connectivity index (χ0) is 6.48. The molecule has 0 heterocycles. The highest BCUT2D eigenvalue weighted by Crippen LogP contribution is 2.62. The molecule has 0 aromatic rings. The van der Waals surface area contributed by atoms with Gasteiger partial charge >= 0.3 is 0 Å². The summed E-state index contributed by atoms with van der Waals surface area (Å²) in [6.07, 6.45) is 6.08. The van der Waals surface area contributed by atoms with E-state index in [0.717, 1.165) is 17.3 Å². The second-order valence-corrected chi connectivity index (χ2v) is 4.24. The maximum Gasteiger partial charge on any atom is -0.0269 e. The Labute approximate surface area is 57.6 Å².